The Balaban J connectivity index is 1.19. The van der Waals surface area contributed by atoms with Gasteiger partial charge >= 0.3 is 0 Å². The number of carbonyl (C=O) groups is 1. The minimum absolute atomic E-state index is 0.0419. The maximum absolute atomic E-state index is 13.3. The van der Waals surface area contributed by atoms with Gasteiger partial charge in [-0.3, -0.25) is 9.69 Å². The summed E-state index contributed by atoms with van der Waals surface area (Å²) in [6.45, 7) is 2.23. The molecule has 2 aromatic heterocycles. The van der Waals surface area contributed by atoms with Crippen LogP contribution < -0.4 is 0 Å². The lowest BCUT2D eigenvalue weighted by Gasteiger charge is -2.35. The number of hydrogen-bond donors (Lipinski definition) is 0. The van der Waals surface area contributed by atoms with Gasteiger partial charge in [-0.25, -0.2) is 5.01 Å². The Labute approximate surface area is 187 Å². The molecule has 3 aliphatic rings. The molecule has 2 fully saturated rings. The van der Waals surface area contributed by atoms with E-state index in [0.717, 1.165) is 37.4 Å². The molecule has 1 atom stereocenters. The minimum Gasteiger partial charge on any atom is -0.463 e. The number of carbonyl (C=O) groups excluding carboxylic acids is 1. The van der Waals surface area contributed by atoms with Crippen molar-refractivity contribution in [1.29, 1.82) is 0 Å². The highest BCUT2D eigenvalue weighted by atomic mass is 32.1. The highest BCUT2D eigenvalue weighted by Crippen LogP contribution is 2.35. The Hall–Kier alpha value is -1.96. The number of rotatable bonds is 6. The van der Waals surface area contributed by atoms with E-state index in [-0.39, 0.29) is 11.9 Å². The topological polar surface area (TPSA) is 58.3 Å². The van der Waals surface area contributed by atoms with E-state index >= 15 is 0 Å². The molecule has 6 nitrogen and oxygen atoms in total. The predicted octanol–water partition coefficient (Wildman–Crippen LogP) is 4.83. The Bertz CT molecular complexity index is 866. The maximum Gasteiger partial charge on any atom is 0.257 e. The van der Waals surface area contributed by atoms with Gasteiger partial charge in [0.25, 0.3) is 5.91 Å². The zero-order valence-electron chi connectivity index (χ0n) is 17.9. The van der Waals surface area contributed by atoms with Crippen LogP contribution in [0.25, 0.3) is 0 Å². The molecule has 2 aliphatic heterocycles. The lowest BCUT2D eigenvalue weighted by atomic mass is 9.97. The summed E-state index contributed by atoms with van der Waals surface area (Å²) in [5, 5.41) is 8.43. The second-order valence-electron chi connectivity index (χ2n) is 8.87. The van der Waals surface area contributed by atoms with Gasteiger partial charge < -0.3 is 9.15 Å². The number of piperidine rings is 1. The molecule has 1 saturated carbocycles. The van der Waals surface area contributed by atoms with Crippen LogP contribution in [0.2, 0.25) is 0 Å². The van der Waals surface area contributed by atoms with E-state index in [0.29, 0.717) is 25.2 Å². The van der Waals surface area contributed by atoms with Crippen LogP contribution in [0.4, 0.5) is 0 Å². The third-order valence-electron chi connectivity index (χ3n) is 6.67. The van der Waals surface area contributed by atoms with E-state index in [9.17, 15) is 4.79 Å². The number of nitrogens with zero attached hydrogens (tertiary/aromatic N) is 3. The number of thiophene rings is 1. The average molecular weight is 442 g/mol. The number of hydrogen-bond acceptors (Lipinski definition) is 6. The normalized spacial score (nSPS) is 23.9. The summed E-state index contributed by atoms with van der Waals surface area (Å²) in [5.41, 5.74) is 0.844. The van der Waals surface area contributed by atoms with Gasteiger partial charge in [-0.2, -0.15) is 5.10 Å². The summed E-state index contributed by atoms with van der Waals surface area (Å²) in [6, 6.07) is 7.85. The molecule has 0 radical (unpaired) electrons. The summed E-state index contributed by atoms with van der Waals surface area (Å²) >= 11 is 1.68. The SMILES string of the molecule is O=C(CN1CCC(OC2CCCCC2)CC1)N1N=C(c2ccco2)CC1c1cccs1. The largest absolute Gasteiger partial charge is 0.463 e. The van der Waals surface area contributed by atoms with Crippen LogP contribution in [-0.4, -0.2) is 53.4 Å². The van der Waals surface area contributed by atoms with E-state index in [2.05, 4.69) is 21.4 Å². The third kappa shape index (κ3) is 4.94. The number of likely N-dealkylation sites (tertiary alicyclic amines) is 1. The molecule has 1 unspecified atom stereocenters. The molecule has 1 aliphatic carbocycles. The molecule has 0 bridgehead atoms. The highest BCUT2D eigenvalue weighted by Gasteiger charge is 2.35. The second kappa shape index (κ2) is 9.67. The smallest absolute Gasteiger partial charge is 0.257 e. The Morgan fingerprint density at radius 2 is 1.90 bits per heavy atom. The van der Waals surface area contributed by atoms with Gasteiger partial charge in [0.2, 0.25) is 0 Å². The average Bonchev–Trinajstić information content (AvgIpc) is 3.56. The maximum atomic E-state index is 13.3. The first-order valence-electron chi connectivity index (χ1n) is 11.6. The van der Waals surface area contributed by atoms with E-state index in [1.165, 1.54) is 37.0 Å². The van der Waals surface area contributed by atoms with Crippen molar-refractivity contribution in [3.63, 3.8) is 0 Å². The van der Waals surface area contributed by atoms with Crippen LogP contribution in [0.3, 0.4) is 0 Å². The van der Waals surface area contributed by atoms with Crippen LogP contribution in [0.5, 0.6) is 0 Å². The van der Waals surface area contributed by atoms with Crippen LogP contribution in [-0.2, 0) is 9.53 Å². The third-order valence-corrected chi connectivity index (χ3v) is 7.65. The van der Waals surface area contributed by atoms with Crippen LogP contribution in [0.15, 0.2) is 45.4 Å². The summed E-state index contributed by atoms with van der Waals surface area (Å²) < 4.78 is 11.9. The lowest BCUT2D eigenvalue weighted by Crippen LogP contribution is -2.44. The van der Waals surface area contributed by atoms with E-state index in [1.54, 1.807) is 22.6 Å². The van der Waals surface area contributed by atoms with Gasteiger partial charge in [-0.05, 0) is 49.3 Å². The van der Waals surface area contributed by atoms with Crippen LogP contribution in [0, 0.1) is 0 Å². The number of furan rings is 1. The fourth-order valence-electron chi connectivity index (χ4n) is 4.97. The van der Waals surface area contributed by atoms with Gasteiger partial charge in [0.05, 0.1) is 31.1 Å². The fraction of sp³-hybridized carbons (Fsp3) is 0.583. The van der Waals surface area contributed by atoms with Crippen LogP contribution >= 0.6 is 11.3 Å². The number of ether oxygens (including phenoxy) is 1. The van der Waals surface area contributed by atoms with E-state index in [1.807, 2.05) is 18.2 Å². The molecular formula is C24H31N3O3S. The molecule has 1 amide bonds. The summed E-state index contributed by atoms with van der Waals surface area (Å²) in [7, 11) is 0. The van der Waals surface area contributed by atoms with Crippen molar-refractivity contribution in [3.05, 3.63) is 46.5 Å². The molecule has 0 spiro atoms. The van der Waals surface area contributed by atoms with Crippen LogP contribution in [0.1, 0.15) is 68.0 Å². The van der Waals surface area contributed by atoms with Crippen molar-refractivity contribution < 1.29 is 13.9 Å². The lowest BCUT2D eigenvalue weighted by molar-refractivity contribution is -0.135. The van der Waals surface area contributed by atoms with E-state index < -0.39 is 0 Å². The molecule has 4 heterocycles. The second-order valence-corrected chi connectivity index (χ2v) is 9.85. The van der Waals surface area contributed by atoms with Crippen molar-refractivity contribution in [3.8, 4) is 0 Å². The van der Waals surface area contributed by atoms with Gasteiger partial charge in [0, 0.05) is 24.4 Å². The Morgan fingerprint density at radius 1 is 1.10 bits per heavy atom. The first-order valence-corrected chi connectivity index (χ1v) is 12.5. The Morgan fingerprint density at radius 3 is 2.61 bits per heavy atom. The molecule has 31 heavy (non-hydrogen) atoms. The summed E-state index contributed by atoms with van der Waals surface area (Å²) in [6.07, 6.45) is 11.6. The van der Waals surface area contributed by atoms with Gasteiger partial charge in [0.1, 0.15) is 11.5 Å². The number of hydrazone groups is 1. The molecule has 0 aromatic carbocycles. The van der Waals surface area contributed by atoms with Gasteiger partial charge in [0.15, 0.2) is 0 Å². The summed E-state index contributed by atoms with van der Waals surface area (Å²) in [5.74, 6) is 0.809. The van der Waals surface area contributed by atoms with Gasteiger partial charge in [-0.15, -0.1) is 11.3 Å². The van der Waals surface area contributed by atoms with E-state index in [4.69, 9.17) is 9.15 Å². The zero-order chi connectivity index (χ0) is 21.0. The molecule has 0 N–H and O–H groups in total. The molecule has 7 heteroatoms. The van der Waals surface area contributed by atoms with Gasteiger partial charge in [-0.1, -0.05) is 25.3 Å². The summed E-state index contributed by atoms with van der Waals surface area (Å²) in [4.78, 5) is 16.7. The molecule has 2 aromatic rings. The van der Waals surface area contributed by atoms with Crippen molar-refractivity contribution in [1.82, 2.24) is 9.91 Å². The molecular weight excluding hydrogens is 410 g/mol. The van der Waals surface area contributed by atoms with Crippen molar-refractivity contribution in [2.24, 2.45) is 5.10 Å². The standard InChI is InChI=1S/C24H31N3O3S/c28-24(17-26-12-10-19(11-13-26)30-18-6-2-1-3-7-18)27-21(23-9-5-15-31-23)16-20(25-27)22-8-4-14-29-22/h4-5,8-9,14-15,18-19,21H,1-3,6-7,10-13,16-17H2. The van der Waals surface area contributed by atoms with Crippen molar-refractivity contribution in [2.75, 3.05) is 19.6 Å². The highest BCUT2D eigenvalue weighted by molar-refractivity contribution is 7.10. The minimum atomic E-state index is -0.0419. The molecule has 166 valence electrons. The monoisotopic (exact) mass is 441 g/mol. The quantitative estimate of drug-likeness (QED) is 0.644. The predicted molar refractivity (Wildman–Crippen MR) is 121 cm³/mol. The first-order chi connectivity index (χ1) is 15.3. The fourth-order valence-corrected chi connectivity index (χ4v) is 5.79. The van der Waals surface area contributed by atoms with Crippen molar-refractivity contribution in [2.45, 2.75) is 69.6 Å². The molecule has 1 saturated heterocycles. The number of amides is 1. The Kier molecular flexibility index (Phi) is 6.53. The molecule has 5 rings (SSSR count). The first kappa shape index (κ1) is 20.9. The zero-order valence-corrected chi connectivity index (χ0v) is 18.8. The van der Waals surface area contributed by atoms with Crippen molar-refractivity contribution >= 4 is 23.0 Å².